The highest BCUT2D eigenvalue weighted by Gasteiger charge is 2.06. The summed E-state index contributed by atoms with van der Waals surface area (Å²) in [6.07, 6.45) is 0. The summed E-state index contributed by atoms with van der Waals surface area (Å²) in [4.78, 5) is 2.55. The maximum atomic E-state index is 8.56. The molecule has 1 aromatic rings. The second-order valence-electron chi connectivity index (χ2n) is 2.02. The Kier molecular flexibility index (Phi) is 2.72. The minimum atomic E-state index is 0.0955. The molecular weight excluding hydrogens is 152 g/mol. The molecule has 0 saturated heterocycles. The van der Waals surface area contributed by atoms with Gasteiger partial charge in [-0.15, -0.1) is 0 Å². The Morgan fingerprint density at radius 2 is 2.08 bits per heavy atom. The van der Waals surface area contributed by atoms with Crippen molar-refractivity contribution in [2.75, 3.05) is 0 Å². The van der Waals surface area contributed by atoms with Gasteiger partial charge >= 0.3 is 0 Å². The van der Waals surface area contributed by atoms with Crippen LogP contribution in [0.4, 0.5) is 0 Å². The molecule has 0 aromatic heterocycles. The van der Waals surface area contributed by atoms with Gasteiger partial charge in [0.25, 0.3) is 0 Å². The van der Waals surface area contributed by atoms with Crippen molar-refractivity contribution in [3.05, 3.63) is 52.4 Å². The van der Waals surface area contributed by atoms with E-state index in [1.807, 2.05) is 12.1 Å². The Balaban J connectivity index is 2.97. The molecule has 0 saturated carbocycles. The first-order valence-corrected chi connectivity index (χ1v) is 3.26. The van der Waals surface area contributed by atoms with Gasteiger partial charge in [0.15, 0.2) is 6.04 Å². The Bertz CT molecular complexity index is 332. The van der Waals surface area contributed by atoms with Gasteiger partial charge in [0.2, 0.25) is 0 Å². The molecule has 1 aromatic carbocycles. The fraction of sp³-hybridized carbons (Fsp3) is 0. The smallest absolute Gasteiger partial charge is 0.189 e. The first-order chi connectivity index (χ1) is 5.88. The predicted octanol–water partition coefficient (Wildman–Crippen LogP) is 2.40. The van der Waals surface area contributed by atoms with Crippen LogP contribution in [-0.2, 0) is 0 Å². The Morgan fingerprint density at radius 1 is 1.42 bits per heavy atom. The average molecular weight is 157 g/mol. The molecule has 57 valence electrons. The SMILES string of the molecule is N#C[C](N=[N+]=[N-])c1ccccc1. The van der Waals surface area contributed by atoms with E-state index in [4.69, 9.17) is 10.8 Å². The van der Waals surface area contributed by atoms with Crippen LogP contribution in [0, 0.1) is 17.4 Å². The predicted molar refractivity (Wildman–Crippen MR) is 43.5 cm³/mol. The van der Waals surface area contributed by atoms with Crippen LogP contribution in [0.25, 0.3) is 10.4 Å². The molecule has 0 amide bonds. The van der Waals surface area contributed by atoms with Crippen molar-refractivity contribution in [2.45, 2.75) is 0 Å². The molecule has 12 heavy (non-hydrogen) atoms. The first kappa shape index (κ1) is 8.12. The molecule has 0 aliphatic rings. The van der Waals surface area contributed by atoms with Gasteiger partial charge < -0.3 is 0 Å². The fourth-order valence-corrected chi connectivity index (χ4v) is 0.785. The average Bonchev–Trinajstić information content (AvgIpc) is 2.15. The van der Waals surface area contributed by atoms with Gasteiger partial charge in [0.1, 0.15) is 0 Å². The van der Waals surface area contributed by atoms with Gasteiger partial charge in [-0.05, 0) is 11.1 Å². The van der Waals surface area contributed by atoms with E-state index in [-0.39, 0.29) is 6.04 Å². The third kappa shape index (κ3) is 1.75. The van der Waals surface area contributed by atoms with Crippen LogP contribution >= 0.6 is 0 Å². The van der Waals surface area contributed by atoms with Crippen molar-refractivity contribution in [3.63, 3.8) is 0 Å². The zero-order valence-electron chi connectivity index (χ0n) is 6.18. The van der Waals surface area contributed by atoms with E-state index in [2.05, 4.69) is 10.0 Å². The van der Waals surface area contributed by atoms with E-state index in [1.54, 1.807) is 24.3 Å². The summed E-state index contributed by atoms with van der Waals surface area (Å²) in [5.74, 6) is 0. The molecule has 0 aliphatic heterocycles. The lowest BCUT2D eigenvalue weighted by molar-refractivity contribution is 1.16. The molecule has 1 rings (SSSR count). The summed E-state index contributed by atoms with van der Waals surface area (Å²) in [5.41, 5.74) is 8.75. The van der Waals surface area contributed by atoms with Crippen LogP contribution in [-0.4, -0.2) is 0 Å². The highest BCUT2D eigenvalue weighted by Crippen LogP contribution is 2.14. The quantitative estimate of drug-likeness (QED) is 0.369. The van der Waals surface area contributed by atoms with Crippen molar-refractivity contribution in [2.24, 2.45) is 5.11 Å². The van der Waals surface area contributed by atoms with Gasteiger partial charge in [-0.1, -0.05) is 35.4 Å². The summed E-state index contributed by atoms with van der Waals surface area (Å²) in [6, 6.07) is 10.7. The number of benzene rings is 1. The topological polar surface area (TPSA) is 72.5 Å². The van der Waals surface area contributed by atoms with Gasteiger partial charge in [-0.25, -0.2) is 0 Å². The minimum Gasteiger partial charge on any atom is -0.197 e. The second kappa shape index (κ2) is 4.02. The third-order valence-corrected chi connectivity index (χ3v) is 1.30. The number of rotatable bonds is 2. The van der Waals surface area contributed by atoms with Crippen molar-refractivity contribution in [3.8, 4) is 6.07 Å². The number of nitriles is 1. The molecule has 0 bridgehead atoms. The lowest BCUT2D eigenvalue weighted by Gasteiger charge is -1.98. The zero-order chi connectivity index (χ0) is 8.81. The van der Waals surface area contributed by atoms with Gasteiger partial charge in [-0.2, -0.15) is 5.26 Å². The van der Waals surface area contributed by atoms with Crippen molar-refractivity contribution < 1.29 is 0 Å². The Labute approximate surface area is 69.7 Å². The molecule has 4 nitrogen and oxygen atoms in total. The fourth-order valence-electron chi connectivity index (χ4n) is 0.785. The lowest BCUT2D eigenvalue weighted by Crippen LogP contribution is -1.89. The molecule has 0 unspecified atom stereocenters. The maximum Gasteiger partial charge on any atom is 0.189 e. The molecule has 4 heteroatoms. The van der Waals surface area contributed by atoms with E-state index >= 15 is 0 Å². The zero-order valence-corrected chi connectivity index (χ0v) is 6.18. The summed E-state index contributed by atoms with van der Waals surface area (Å²) in [6.45, 7) is 0. The normalized spacial score (nSPS) is 8.67. The Hall–Kier alpha value is -1.98. The summed E-state index contributed by atoms with van der Waals surface area (Å²) in [7, 11) is 0. The number of nitrogens with zero attached hydrogens (tertiary/aromatic N) is 4. The number of hydrogen-bond donors (Lipinski definition) is 0. The summed E-state index contributed by atoms with van der Waals surface area (Å²) >= 11 is 0. The minimum absolute atomic E-state index is 0.0955. The van der Waals surface area contributed by atoms with E-state index < -0.39 is 0 Å². The summed E-state index contributed by atoms with van der Waals surface area (Å²) < 4.78 is 0. The van der Waals surface area contributed by atoms with Gasteiger partial charge in [-0.3, -0.25) is 0 Å². The highest BCUT2D eigenvalue weighted by atomic mass is 15.1. The molecule has 0 N–H and O–H groups in total. The molecule has 1 radical (unpaired) electrons. The second-order valence-corrected chi connectivity index (χ2v) is 2.02. The third-order valence-electron chi connectivity index (χ3n) is 1.30. The van der Waals surface area contributed by atoms with Crippen molar-refractivity contribution in [1.82, 2.24) is 0 Å². The number of azide groups is 1. The largest absolute Gasteiger partial charge is 0.197 e. The van der Waals surface area contributed by atoms with Gasteiger partial charge in [0, 0.05) is 4.91 Å². The molecule has 0 spiro atoms. The van der Waals surface area contributed by atoms with Crippen LogP contribution in [0.3, 0.4) is 0 Å². The highest BCUT2D eigenvalue weighted by molar-refractivity contribution is 5.37. The lowest BCUT2D eigenvalue weighted by atomic mass is 10.1. The van der Waals surface area contributed by atoms with Crippen LogP contribution in [0.1, 0.15) is 5.56 Å². The van der Waals surface area contributed by atoms with E-state index in [9.17, 15) is 0 Å². The van der Waals surface area contributed by atoms with Crippen LogP contribution < -0.4 is 0 Å². The van der Waals surface area contributed by atoms with E-state index in [0.717, 1.165) is 0 Å². The van der Waals surface area contributed by atoms with Gasteiger partial charge in [0.05, 0.1) is 6.07 Å². The van der Waals surface area contributed by atoms with Crippen LogP contribution in [0.15, 0.2) is 35.4 Å². The molecule has 0 atom stereocenters. The number of hydrogen-bond acceptors (Lipinski definition) is 2. The summed E-state index contributed by atoms with van der Waals surface area (Å²) in [5, 5.41) is 11.8. The Morgan fingerprint density at radius 3 is 2.58 bits per heavy atom. The molecule has 0 heterocycles. The van der Waals surface area contributed by atoms with Crippen LogP contribution in [0.5, 0.6) is 0 Å². The van der Waals surface area contributed by atoms with E-state index in [0.29, 0.717) is 5.56 Å². The van der Waals surface area contributed by atoms with Crippen molar-refractivity contribution in [1.29, 1.82) is 5.26 Å². The molecule has 0 fully saturated rings. The molecular formula is C8H5N4. The van der Waals surface area contributed by atoms with Crippen LogP contribution in [0.2, 0.25) is 0 Å². The van der Waals surface area contributed by atoms with Crippen molar-refractivity contribution >= 4 is 0 Å². The monoisotopic (exact) mass is 157 g/mol. The maximum absolute atomic E-state index is 8.56. The molecule has 0 aliphatic carbocycles. The standard InChI is InChI=1S/C8H5N4/c9-6-8(11-12-10)7-4-2-1-3-5-7/h1-5H. The van der Waals surface area contributed by atoms with E-state index in [1.165, 1.54) is 0 Å². The first-order valence-electron chi connectivity index (χ1n) is 3.26.